The summed E-state index contributed by atoms with van der Waals surface area (Å²) in [5.41, 5.74) is 2.39. The Balaban J connectivity index is 1.65. The van der Waals surface area contributed by atoms with Gasteiger partial charge in [-0.2, -0.15) is 0 Å². The smallest absolute Gasteiger partial charge is 0.234 e. The molecule has 1 aromatic heterocycles. The van der Waals surface area contributed by atoms with Crippen LogP contribution in [-0.4, -0.2) is 26.5 Å². The van der Waals surface area contributed by atoms with Gasteiger partial charge >= 0.3 is 0 Å². The molecule has 0 saturated heterocycles. The summed E-state index contributed by atoms with van der Waals surface area (Å²) in [6.07, 6.45) is 0. The molecule has 6 nitrogen and oxygen atoms in total. The van der Waals surface area contributed by atoms with Crippen molar-refractivity contribution in [2.45, 2.75) is 12.1 Å². The first kappa shape index (κ1) is 17.3. The third-order valence-electron chi connectivity index (χ3n) is 3.57. The maximum absolute atomic E-state index is 12.2. The van der Waals surface area contributed by atoms with Gasteiger partial charge in [0.1, 0.15) is 0 Å². The van der Waals surface area contributed by atoms with Crippen LogP contribution < -0.4 is 11.2 Å². The largest absolute Gasteiger partial charge is 0.335 e. The Morgan fingerprint density at radius 3 is 2.72 bits per heavy atom. The molecule has 0 aliphatic carbocycles. The second-order valence-corrected chi connectivity index (χ2v) is 6.64. The van der Waals surface area contributed by atoms with E-state index in [0.29, 0.717) is 21.7 Å². The molecule has 25 heavy (non-hydrogen) atoms. The molecule has 0 fully saturated rings. The number of halogens is 1. The molecule has 0 spiro atoms. The van der Waals surface area contributed by atoms with Crippen LogP contribution in [0.5, 0.6) is 0 Å². The number of carbonyl (C=O) groups excluding carboxylic acids is 1. The summed E-state index contributed by atoms with van der Waals surface area (Å²) >= 11 is 7.28. The fourth-order valence-electron chi connectivity index (χ4n) is 2.22. The van der Waals surface area contributed by atoms with E-state index in [-0.39, 0.29) is 11.7 Å². The second kappa shape index (κ2) is 7.58. The lowest BCUT2D eigenvalue weighted by molar-refractivity contribution is -0.113. The highest BCUT2D eigenvalue weighted by molar-refractivity contribution is 7.99. The first-order chi connectivity index (χ1) is 12.1. The monoisotopic (exact) mass is 373 g/mol. The van der Waals surface area contributed by atoms with E-state index in [9.17, 15) is 4.79 Å². The summed E-state index contributed by atoms with van der Waals surface area (Å²) in [6.45, 7) is 1.85. The van der Waals surface area contributed by atoms with Crippen molar-refractivity contribution in [1.82, 2.24) is 14.9 Å². The first-order valence-electron chi connectivity index (χ1n) is 7.50. The van der Waals surface area contributed by atoms with Gasteiger partial charge in [-0.15, -0.1) is 10.2 Å². The second-order valence-electron chi connectivity index (χ2n) is 5.29. The minimum absolute atomic E-state index is 0.163. The van der Waals surface area contributed by atoms with Crippen LogP contribution in [0.1, 0.15) is 5.56 Å². The van der Waals surface area contributed by atoms with Gasteiger partial charge in [-0.25, -0.2) is 4.68 Å². The lowest BCUT2D eigenvalue weighted by atomic mass is 10.2. The van der Waals surface area contributed by atoms with E-state index in [4.69, 9.17) is 17.4 Å². The van der Waals surface area contributed by atoms with Crippen molar-refractivity contribution in [2.24, 2.45) is 0 Å². The summed E-state index contributed by atoms with van der Waals surface area (Å²) in [4.78, 5) is 12.2. The lowest BCUT2D eigenvalue weighted by Crippen LogP contribution is -2.17. The zero-order chi connectivity index (χ0) is 17.8. The summed E-state index contributed by atoms with van der Waals surface area (Å²) in [6, 6.07) is 14.9. The number of benzene rings is 2. The van der Waals surface area contributed by atoms with Crippen LogP contribution in [0.25, 0.3) is 11.4 Å². The van der Waals surface area contributed by atoms with Crippen LogP contribution in [0, 0.1) is 6.92 Å². The number of nitrogens with one attached hydrogen (secondary N) is 1. The van der Waals surface area contributed by atoms with Crippen LogP contribution in [0.2, 0.25) is 5.02 Å². The highest BCUT2D eigenvalue weighted by Crippen LogP contribution is 2.24. The van der Waals surface area contributed by atoms with Gasteiger partial charge in [0, 0.05) is 16.3 Å². The normalized spacial score (nSPS) is 10.6. The predicted molar refractivity (Wildman–Crippen MR) is 101 cm³/mol. The number of carbonyl (C=O) groups is 1. The van der Waals surface area contributed by atoms with E-state index in [2.05, 4.69) is 15.5 Å². The number of aromatic nitrogens is 3. The molecule has 2 aromatic carbocycles. The summed E-state index contributed by atoms with van der Waals surface area (Å²) in [7, 11) is 0. The highest BCUT2D eigenvalue weighted by atomic mass is 35.5. The summed E-state index contributed by atoms with van der Waals surface area (Å²) in [5.74, 6) is 6.59. The number of nitrogen functional groups attached to an aromatic ring is 1. The SMILES string of the molecule is Cc1c(Cl)cccc1NC(=O)CSc1nnc(-c2ccccc2)n1N. The summed E-state index contributed by atoms with van der Waals surface area (Å²) in [5, 5.41) is 12.1. The van der Waals surface area contributed by atoms with Crippen molar-refractivity contribution in [1.29, 1.82) is 0 Å². The first-order valence-corrected chi connectivity index (χ1v) is 8.86. The third-order valence-corrected chi connectivity index (χ3v) is 4.92. The van der Waals surface area contributed by atoms with Crippen molar-refractivity contribution < 1.29 is 4.79 Å². The molecule has 3 aromatic rings. The van der Waals surface area contributed by atoms with Gasteiger partial charge in [-0.1, -0.05) is 59.8 Å². The number of rotatable bonds is 5. The standard InChI is InChI=1S/C17H16ClN5OS/c1-11-13(18)8-5-9-14(11)20-15(24)10-25-17-22-21-16(23(17)19)12-6-3-2-4-7-12/h2-9H,10,19H2,1H3,(H,20,24). The zero-order valence-electron chi connectivity index (χ0n) is 13.4. The average molecular weight is 374 g/mol. The Kier molecular flexibility index (Phi) is 5.25. The maximum atomic E-state index is 12.2. The molecule has 8 heteroatoms. The Bertz CT molecular complexity index is 897. The molecule has 128 valence electrons. The topological polar surface area (TPSA) is 85.8 Å². The number of thioether (sulfide) groups is 1. The van der Waals surface area contributed by atoms with Gasteiger partial charge in [0.25, 0.3) is 0 Å². The Morgan fingerprint density at radius 1 is 1.20 bits per heavy atom. The lowest BCUT2D eigenvalue weighted by Gasteiger charge is -2.09. The van der Waals surface area contributed by atoms with Crippen LogP contribution >= 0.6 is 23.4 Å². The molecule has 0 radical (unpaired) electrons. The highest BCUT2D eigenvalue weighted by Gasteiger charge is 2.14. The van der Waals surface area contributed by atoms with Crippen molar-refractivity contribution in [3.63, 3.8) is 0 Å². The molecular weight excluding hydrogens is 358 g/mol. The molecule has 1 amide bonds. The molecule has 3 rings (SSSR count). The van der Waals surface area contributed by atoms with E-state index in [0.717, 1.165) is 11.1 Å². The van der Waals surface area contributed by atoms with Gasteiger partial charge in [0.15, 0.2) is 5.82 Å². The van der Waals surface area contributed by atoms with Crippen LogP contribution in [0.4, 0.5) is 5.69 Å². The molecular formula is C17H16ClN5OS. The molecule has 0 atom stereocenters. The van der Waals surface area contributed by atoms with Gasteiger partial charge in [0.05, 0.1) is 5.75 Å². The number of hydrogen-bond acceptors (Lipinski definition) is 5. The van der Waals surface area contributed by atoms with Gasteiger partial charge in [-0.05, 0) is 24.6 Å². The Labute approximate surface area is 154 Å². The molecule has 0 aliphatic heterocycles. The van der Waals surface area contributed by atoms with Gasteiger partial charge in [-0.3, -0.25) is 4.79 Å². The maximum Gasteiger partial charge on any atom is 0.234 e. The number of nitrogens with two attached hydrogens (primary N) is 1. The third kappa shape index (κ3) is 3.94. The van der Waals surface area contributed by atoms with E-state index in [1.165, 1.54) is 16.4 Å². The Morgan fingerprint density at radius 2 is 1.96 bits per heavy atom. The fraction of sp³-hybridized carbons (Fsp3) is 0.118. The number of anilines is 1. The van der Waals surface area contributed by atoms with E-state index >= 15 is 0 Å². The van der Waals surface area contributed by atoms with Crippen molar-refractivity contribution in [3.05, 3.63) is 59.1 Å². The van der Waals surface area contributed by atoms with Crippen molar-refractivity contribution in [2.75, 3.05) is 16.9 Å². The number of amides is 1. The van der Waals surface area contributed by atoms with E-state index in [1.54, 1.807) is 12.1 Å². The van der Waals surface area contributed by atoms with E-state index < -0.39 is 0 Å². The summed E-state index contributed by atoms with van der Waals surface area (Å²) < 4.78 is 1.39. The van der Waals surface area contributed by atoms with E-state index in [1.807, 2.05) is 43.3 Å². The molecule has 0 bridgehead atoms. The Hall–Kier alpha value is -2.51. The van der Waals surface area contributed by atoms with Gasteiger partial charge in [0.2, 0.25) is 11.1 Å². The van der Waals surface area contributed by atoms with Crippen LogP contribution in [-0.2, 0) is 4.79 Å². The minimum atomic E-state index is -0.167. The minimum Gasteiger partial charge on any atom is -0.335 e. The molecule has 0 aliphatic rings. The molecule has 3 N–H and O–H groups in total. The number of nitrogens with zero attached hydrogens (tertiary/aromatic N) is 3. The number of hydrogen-bond donors (Lipinski definition) is 2. The van der Waals surface area contributed by atoms with Crippen molar-refractivity contribution in [3.8, 4) is 11.4 Å². The van der Waals surface area contributed by atoms with Crippen LogP contribution in [0.3, 0.4) is 0 Å². The average Bonchev–Trinajstić information content (AvgIpc) is 2.99. The molecule has 1 heterocycles. The molecule has 0 unspecified atom stereocenters. The zero-order valence-corrected chi connectivity index (χ0v) is 15.0. The molecule has 0 saturated carbocycles. The quantitative estimate of drug-likeness (QED) is 0.529. The fourth-order valence-corrected chi connectivity index (χ4v) is 3.05. The van der Waals surface area contributed by atoms with Crippen molar-refractivity contribution >= 4 is 35.0 Å². The predicted octanol–water partition coefficient (Wildman–Crippen LogP) is 3.35. The van der Waals surface area contributed by atoms with Crippen LogP contribution in [0.15, 0.2) is 53.7 Å². The van der Waals surface area contributed by atoms with Gasteiger partial charge < -0.3 is 11.2 Å².